The standard InChI is InChI=1S/C14H27N3O3.2ClH/c1-19-11-13(15)14(18)17-6-4-16(5-7-17)10-12-2-8-20-9-3-12;;/h12-13H,2-11,15H2,1H3;2*1H. The van der Waals surface area contributed by atoms with Crippen LogP contribution in [0.5, 0.6) is 0 Å². The van der Waals surface area contributed by atoms with Crippen LogP contribution in [0.1, 0.15) is 12.8 Å². The summed E-state index contributed by atoms with van der Waals surface area (Å²) in [5.41, 5.74) is 5.80. The second-order valence-corrected chi connectivity index (χ2v) is 5.74. The van der Waals surface area contributed by atoms with Crippen LogP contribution in [0.15, 0.2) is 0 Å². The summed E-state index contributed by atoms with van der Waals surface area (Å²) < 4.78 is 10.3. The molecule has 1 unspecified atom stereocenters. The lowest BCUT2D eigenvalue weighted by atomic mass is 9.99. The van der Waals surface area contributed by atoms with Crippen molar-refractivity contribution >= 4 is 30.7 Å². The predicted molar refractivity (Wildman–Crippen MR) is 90.9 cm³/mol. The van der Waals surface area contributed by atoms with Gasteiger partial charge in [-0.2, -0.15) is 0 Å². The van der Waals surface area contributed by atoms with Gasteiger partial charge in [0.15, 0.2) is 0 Å². The molecular formula is C14H29Cl2N3O3. The number of piperazine rings is 1. The van der Waals surface area contributed by atoms with Crippen molar-refractivity contribution in [1.82, 2.24) is 9.80 Å². The van der Waals surface area contributed by atoms with Crippen LogP contribution in [0.2, 0.25) is 0 Å². The number of ether oxygens (including phenoxy) is 2. The van der Waals surface area contributed by atoms with Gasteiger partial charge in [0.05, 0.1) is 6.61 Å². The largest absolute Gasteiger partial charge is 0.383 e. The van der Waals surface area contributed by atoms with E-state index in [0.717, 1.165) is 64.7 Å². The lowest BCUT2D eigenvalue weighted by Gasteiger charge is -2.38. The Labute approximate surface area is 145 Å². The summed E-state index contributed by atoms with van der Waals surface area (Å²) in [6.45, 7) is 6.67. The first-order valence-corrected chi connectivity index (χ1v) is 7.54. The highest BCUT2D eigenvalue weighted by Gasteiger charge is 2.26. The van der Waals surface area contributed by atoms with Crippen LogP contribution >= 0.6 is 24.8 Å². The van der Waals surface area contributed by atoms with Crippen molar-refractivity contribution in [3.05, 3.63) is 0 Å². The Kier molecular flexibility index (Phi) is 11.4. The molecule has 0 spiro atoms. The minimum atomic E-state index is -0.526. The average molecular weight is 358 g/mol. The molecule has 0 aliphatic carbocycles. The summed E-state index contributed by atoms with van der Waals surface area (Å²) in [4.78, 5) is 16.4. The van der Waals surface area contributed by atoms with Crippen molar-refractivity contribution in [2.24, 2.45) is 11.7 Å². The van der Waals surface area contributed by atoms with E-state index in [1.165, 1.54) is 0 Å². The molecular weight excluding hydrogens is 329 g/mol. The zero-order valence-corrected chi connectivity index (χ0v) is 14.9. The molecule has 0 saturated carbocycles. The molecule has 1 atom stereocenters. The van der Waals surface area contributed by atoms with Gasteiger partial charge in [0.25, 0.3) is 0 Å². The molecule has 2 saturated heterocycles. The maximum absolute atomic E-state index is 12.1. The van der Waals surface area contributed by atoms with Gasteiger partial charge in [-0.1, -0.05) is 0 Å². The molecule has 0 aromatic carbocycles. The number of nitrogens with two attached hydrogens (primary N) is 1. The van der Waals surface area contributed by atoms with Crippen molar-refractivity contribution in [1.29, 1.82) is 0 Å². The summed E-state index contributed by atoms with van der Waals surface area (Å²) in [5, 5.41) is 0. The van der Waals surface area contributed by atoms with Gasteiger partial charge in [-0.05, 0) is 18.8 Å². The van der Waals surface area contributed by atoms with Gasteiger partial charge < -0.3 is 20.1 Å². The van der Waals surface area contributed by atoms with Crippen LogP contribution in [-0.2, 0) is 14.3 Å². The molecule has 0 aromatic rings. The SMILES string of the molecule is COCC(N)C(=O)N1CCN(CC2CCOCC2)CC1.Cl.Cl. The van der Waals surface area contributed by atoms with E-state index >= 15 is 0 Å². The maximum atomic E-state index is 12.1. The number of nitrogens with zero attached hydrogens (tertiary/aromatic N) is 2. The van der Waals surface area contributed by atoms with Gasteiger partial charge in [-0.3, -0.25) is 9.69 Å². The molecule has 132 valence electrons. The van der Waals surface area contributed by atoms with Gasteiger partial charge >= 0.3 is 0 Å². The lowest BCUT2D eigenvalue weighted by Crippen LogP contribution is -2.54. The Hall–Kier alpha value is -0.110. The number of methoxy groups -OCH3 is 1. The van der Waals surface area contributed by atoms with Gasteiger partial charge in [0.1, 0.15) is 6.04 Å². The maximum Gasteiger partial charge on any atom is 0.241 e. The number of halogens is 2. The van der Waals surface area contributed by atoms with E-state index in [-0.39, 0.29) is 30.7 Å². The third-order valence-electron chi connectivity index (χ3n) is 4.20. The Morgan fingerprint density at radius 2 is 1.82 bits per heavy atom. The Bertz CT molecular complexity index is 310. The lowest BCUT2D eigenvalue weighted by molar-refractivity contribution is -0.135. The molecule has 1 amide bonds. The fourth-order valence-electron chi connectivity index (χ4n) is 2.93. The van der Waals surface area contributed by atoms with E-state index in [9.17, 15) is 4.79 Å². The van der Waals surface area contributed by atoms with Gasteiger partial charge in [0, 0.05) is 53.0 Å². The number of rotatable bonds is 5. The van der Waals surface area contributed by atoms with E-state index in [4.69, 9.17) is 15.2 Å². The van der Waals surface area contributed by atoms with Gasteiger partial charge in [-0.25, -0.2) is 0 Å². The summed E-state index contributed by atoms with van der Waals surface area (Å²) in [7, 11) is 1.57. The van der Waals surface area contributed by atoms with E-state index < -0.39 is 6.04 Å². The van der Waals surface area contributed by atoms with Crippen LogP contribution in [0.4, 0.5) is 0 Å². The quantitative estimate of drug-likeness (QED) is 0.769. The molecule has 22 heavy (non-hydrogen) atoms. The minimum absolute atomic E-state index is 0. The first kappa shape index (κ1) is 21.9. The van der Waals surface area contributed by atoms with Crippen molar-refractivity contribution in [3.8, 4) is 0 Å². The van der Waals surface area contributed by atoms with E-state index in [1.807, 2.05) is 4.90 Å². The minimum Gasteiger partial charge on any atom is -0.383 e. The third-order valence-corrected chi connectivity index (χ3v) is 4.20. The van der Waals surface area contributed by atoms with Crippen LogP contribution in [0, 0.1) is 5.92 Å². The first-order valence-electron chi connectivity index (χ1n) is 7.54. The zero-order chi connectivity index (χ0) is 14.4. The smallest absolute Gasteiger partial charge is 0.241 e. The highest BCUT2D eigenvalue weighted by Crippen LogP contribution is 2.17. The Morgan fingerprint density at radius 1 is 1.23 bits per heavy atom. The molecule has 2 aliphatic rings. The summed E-state index contributed by atoms with van der Waals surface area (Å²) in [6, 6.07) is -0.526. The summed E-state index contributed by atoms with van der Waals surface area (Å²) in [5.74, 6) is 0.763. The number of hydrogen-bond acceptors (Lipinski definition) is 5. The number of hydrogen-bond donors (Lipinski definition) is 1. The summed E-state index contributed by atoms with van der Waals surface area (Å²) in [6.07, 6.45) is 2.33. The predicted octanol–water partition coefficient (Wildman–Crippen LogP) is 0.375. The van der Waals surface area contributed by atoms with E-state index in [2.05, 4.69) is 4.90 Å². The Balaban J connectivity index is 0.00000220. The molecule has 6 nitrogen and oxygen atoms in total. The second-order valence-electron chi connectivity index (χ2n) is 5.74. The molecule has 0 bridgehead atoms. The van der Waals surface area contributed by atoms with Crippen molar-refractivity contribution in [2.45, 2.75) is 18.9 Å². The number of amides is 1. The molecule has 0 aromatic heterocycles. The van der Waals surface area contributed by atoms with Crippen LogP contribution in [-0.4, -0.2) is 81.4 Å². The van der Waals surface area contributed by atoms with Gasteiger partial charge in [-0.15, -0.1) is 24.8 Å². The normalized spacial score (nSPS) is 21.6. The van der Waals surface area contributed by atoms with Crippen molar-refractivity contribution in [2.75, 3.05) is 59.7 Å². The average Bonchev–Trinajstić information content (AvgIpc) is 2.48. The fraction of sp³-hybridized carbons (Fsp3) is 0.929. The van der Waals surface area contributed by atoms with Crippen LogP contribution in [0.25, 0.3) is 0 Å². The monoisotopic (exact) mass is 357 g/mol. The molecule has 2 N–H and O–H groups in total. The van der Waals surface area contributed by atoms with Crippen LogP contribution in [0.3, 0.4) is 0 Å². The molecule has 2 rings (SSSR count). The van der Waals surface area contributed by atoms with E-state index in [0.29, 0.717) is 6.61 Å². The highest BCUT2D eigenvalue weighted by atomic mass is 35.5. The molecule has 2 aliphatic heterocycles. The Morgan fingerprint density at radius 3 is 2.36 bits per heavy atom. The molecule has 2 fully saturated rings. The third kappa shape index (κ3) is 6.56. The van der Waals surface area contributed by atoms with Crippen molar-refractivity contribution in [3.63, 3.8) is 0 Å². The fourth-order valence-corrected chi connectivity index (χ4v) is 2.93. The zero-order valence-electron chi connectivity index (χ0n) is 13.2. The van der Waals surface area contributed by atoms with Gasteiger partial charge in [0.2, 0.25) is 5.91 Å². The van der Waals surface area contributed by atoms with Crippen LogP contribution < -0.4 is 5.73 Å². The number of carbonyl (C=O) groups excluding carboxylic acids is 1. The number of carbonyl (C=O) groups is 1. The summed E-state index contributed by atoms with van der Waals surface area (Å²) >= 11 is 0. The van der Waals surface area contributed by atoms with E-state index in [1.54, 1.807) is 7.11 Å². The topological polar surface area (TPSA) is 68.0 Å². The van der Waals surface area contributed by atoms with Crippen molar-refractivity contribution < 1.29 is 14.3 Å². The highest BCUT2D eigenvalue weighted by molar-refractivity contribution is 5.85. The molecule has 2 heterocycles. The second kappa shape index (κ2) is 11.4. The first-order chi connectivity index (χ1) is 9.70. The molecule has 8 heteroatoms. The molecule has 0 radical (unpaired) electrons.